The van der Waals surface area contributed by atoms with Crippen LogP contribution in [0.3, 0.4) is 0 Å². The molecule has 0 aliphatic carbocycles. The summed E-state index contributed by atoms with van der Waals surface area (Å²) in [4.78, 5) is 0. The van der Waals surface area contributed by atoms with E-state index in [-0.39, 0.29) is 0 Å². The van der Waals surface area contributed by atoms with E-state index in [2.05, 4.69) is 5.92 Å². The molecule has 0 aromatic heterocycles. The van der Waals surface area contributed by atoms with Crippen molar-refractivity contribution in [3.8, 4) is 12.3 Å². The summed E-state index contributed by atoms with van der Waals surface area (Å²) in [6.07, 6.45) is 5.34. The Labute approximate surface area is 86.6 Å². The highest BCUT2D eigenvalue weighted by Gasteiger charge is 2.46. The molecule has 1 saturated heterocycles. The molecule has 0 N–H and O–H groups in total. The van der Waals surface area contributed by atoms with Gasteiger partial charge in [0.1, 0.15) is 0 Å². The molecule has 66 valence electrons. The molecule has 1 fully saturated rings. The van der Waals surface area contributed by atoms with Crippen LogP contribution in [-0.4, -0.2) is 6.61 Å². The molecule has 1 unspecified atom stereocenters. The topological polar surface area (TPSA) is 12.5 Å². The predicted molar refractivity (Wildman–Crippen MR) is 52.9 cm³/mol. The molecule has 0 bridgehead atoms. The third-order valence-corrected chi connectivity index (χ3v) is 2.58. The van der Waals surface area contributed by atoms with E-state index in [1.165, 1.54) is 0 Å². The lowest BCUT2D eigenvalue weighted by Crippen LogP contribution is -2.05. The van der Waals surface area contributed by atoms with E-state index in [0.717, 1.165) is 5.56 Å². The number of hydrogen-bond donors (Lipinski definition) is 0. The van der Waals surface area contributed by atoms with Gasteiger partial charge in [0.15, 0.2) is 5.60 Å². The smallest absolute Gasteiger partial charge is 0.178 e. The van der Waals surface area contributed by atoms with E-state index in [0.29, 0.717) is 16.7 Å². The van der Waals surface area contributed by atoms with Crippen LogP contribution in [-0.2, 0) is 10.3 Å². The maximum atomic E-state index is 5.97. The van der Waals surface area contributed by atoms with Crippen molar-refractivity contribution >= 4 is 23.2 Å². The first kappa shape index (κ1) is 8.90. The first-order valence-corrected chi connectivity index (χ1v) is 4.51. The minimum atomic E-state index is -0.596. The average molecular weight is 213 g/mol. The summed E-state index contributed by atoms with van der Waals surface area (Å²) in [5.41, 5.74) is 0.225. The van der Waals surface area contributed by atoms with Gasteiger partial charge in [-0.2, -0.15) is 0 Å². The lowest BCUT2D eigenvalue weighted by Gasteiger charge is -2.06. The molecule has 1 aromatic rings. The van der Waals surface area contributed by atoms with E-state index in [1.54, 1.807) is 18.2 Å². The maximum Gasteiger partial charge on any atom is 0.178 e. The average Bonchev–Trinajstić information content (AvgIpc) is 2.85. The third kappa shape index (κ3) is 1.42. The van der Waals surface area contributed by atoms with Crippen LogP contribution in [0.1, 0.15) is 5.56 Å². The molecule has 1 aliphatic heterocycles. The Balaban J connectivity index is 2.48. The van der Waals surface area contributed by atoms with Crippen molar-refractivity contribution < 1.29 is 4.74 Å². The van der Waals surface area contributed by atoms with Gasteiger partial charge in [0, 0.05) is 15.6 Å². The van der Waals surface area contributed by atoms with Crippen molar-refractivity contribution in [3.63, 3.8) is 0 Å². The van der Waals surface area contributed by atoms with Gasteiger partial charge in [0.2, 0.25) is 0 Å². The van der Waals surface area contributed by atoms with Crippen LogP contribution >= 0.6 is 23.2 Å². The van der Waals surface area contributed by atoms with Gasteiger partial charge in [-0.25, -0.2) is 0 Å². The normalized spacial score (nSPS) is 25.3. The maximum absolute atomic E-state index is 5.97. The second-order valence-electron chi connectivity index (χ2n) is 2.88. The molecular formula is C10H6Cl2O. The highest BCUT2D eigenvalue weighted by Crippen LogP contribution is 2.41. The number of rotatable bonds is 1. The van der Waals surface area contributed by atoms with Crippen molar-refractivity contribution in [1.29, 1.82) is 0 Å². The van der Waals surface area contributed by atoms with Gasteiger partial charge in [-0.3, -0.25) is 0 Å². The lowest BCUT2D eigenvalue weighted by atomic mass is 10.0. The van der Waals surface area contributed by atoms with Crippen LogP contribution in [0.25, 0.3) is 0 Å². The summed E-state index contributed by atoms with van der Waals surface area (Å²) < 4.78 is 5.19. The van der Waals surface area contributed by atoms with Gasteiger partial charge < -0.3 is 4.74 Å². The molecule has 1 aliphatic rings. The fourth-order valence-electron chi connectivity index (χ4n) is 1.21. The largest absolute Gasteiger partial charge is 0.351 e. The summed E-state index contributed by atoms with van der Waals surface area (Å²) in [5, 5.41) is 1.16. The molecular weight excluding hydrogens is 207 g/mol. The van der Waals surface area contributed by atoms with Gasteiger partial charge in [-0.1, -0.05) is 35.2 Å². The molecule has 1 nitrogen and oxygen atoms in total. The van der Waals surface area contributed by atoms with Crippen LogP contribution in [0.15, 0.2) is 18.2 Å². The molecule has 0 radical (unpaired) electrons. The summed E-state index contributed by atoms with van der Waals surface area (Å²) in [6, 6.07) is 5.22. The van der Waals surface area contributed by atoms with Crippen molar-refractivity contribution in [3.05, 3.63) is 33.8 Å². The predicted octanol–water partition coefficient (Wildman–Crippen LogP) is 2.85. The minimum absolute atomic E-state index is 0.533. The first-order valence-electron chi connectivity index (χ1n) is 3.75. The van der Waals surface area contributed by atoms with Gasteiger partial charge >= 0.3 is 0 Å². The summed E-state index contributed by atoms with van der Waals surface area (Å²) in [7, 11) is 0. The summed E-state index contributed by atoms with van der Waals surface area (Å²) in [5.74, 6) is 2.58. The standard InChI is InChI=1S/C10H6Cl2O/c1-2-10(6-13-10)8-4-3-7(11)5-9(8)12/h1,3-5H,6H2. The van der Waals surface area contributed by atoms with Crippen molar-refractivity contribution in [2.45, 2.75) is 5.60 Å². The van der Waals surface area contributed by atoms with Gasteiger partial charge in [-0.15, -0.1) is 6.42 Å². The third-order valence-electron chi connectivity index (χ3n) is 2.03. The summed E-state index contributed by atoms with van der Waals surface area (Å²) in [6.45, 7) is 0.533. The van der Waals surface area contributed by atoms with Crippen molar-refractivity contribution in [2.75, 3.05) is 6.61 Å². The highest BCUT2D eigenvalue weighted by atomic mass is 35.5. The Morgan fingerprint density at radius 3 is 2.62 bits per heavy atom. The number of benzene rings is 1. The molecule has 13 heavy (non-hydrogen) atoms. The zero-order valence-corrected chi connectivity index (χ0v) is 8.19. The van der Waals surface area contributed by atoms with E-state index in [4.69, 9.17) is 34.4 Å². The number of ether oxygens (including phenoxy) is 1. The van der Waals surface area contributed by atoms with Gasteiger partial charge in [-0.05, 0) is 12.1 Å². The molecule has 0 amide bonds. The molecule has 2 rings (SSSR count). The number of terminal acetylenes is 1. The first-order chi connectivity index (χ1) is 6.18. The zero-order valence-electron chi connectivity index (χ0n) is 6.68. The number of epoxide rings is 1. The monoisotopic (exact) mass is 212 g/mol. The highest BCUT2D eigenvalue weighted by molar-refractivity contribution is 6.35. The van der Waals surface area contributed by atoms with Crippen molar-refractivity contribution in [2.24, 2.45) is 0 Å². The molecule has 1 atom stereocenters. The van der Waals surface area contributed by atoms with Crippen LogP contribution in [0, 0.1) is 12.3 Å². The number of halogens is 2. The zero-order chi connectivity index (χ0) is 9.47. The fourth-order valence-corrected chi connectivity index (χ4v) is 1.77. The van der Waals surface area contributed by atoms with E-state index >= 15 is 0 Å². The van der Waals surface area contributed by atoms with Crippen LogP contribution in [0.4, 0.5) is 0 Å². The number of hydrogen-bond acceptors (Lipinski definition) is 1. The molecule has 3 heteroatoms. The second-order valence-corrected chi connectivity index (χ2v) is 3.73. The Morgan fingerprint density at radius 1 is 1.46 bits per heavy atom. The molecule has 0 saturated carbocycles. The van der Waals surface area contributed by atoms with Gasteiger partial charge in [0.25, 0.3) is 0 Å². The SMILES string of the molecule is C#CC1(c2ccc(Cl)cc2Cl)CO1. The van der Waals surface area contributed by atoms with E-state index in [9.17, 15) is 0 Å². The van der Waals surface area contributed by atoms with E-state index < -0.39 is 5.60 Å². The fraction of sp³-hybridized carbons (Fsp3) is 0.200. The second kappa shape index (κ2) is 2.92. The Hall–Kier alpha value is -0.680. The molecule has 1 heterocycles. The van der Waals surface area contributed by atoms with Crippen molar-refractivity contribution in [1.82, 2.24) is 0 Å². The van der Waals surface area contributed by atoms with Crippen LogP contribution in [0.2, 0.25) is 10.0 Å². The Morgan fingerprint density at radius 2 is 2.15 bits per heavy atom. The molecule has 0 spiro atoms. The quantitative estimate of drug-likeness (QED) is 0.516. The van der Waals surface area contributed by atoms with E-state index in [1.807, 2.05) is 0 Å². The molecule has 1 aromatic carbocycles. The minimum Gasteiger partial charge on any atom is -0.351 e. The van der Waals surface area contributed by atoms with Gasteiger partial charge in [0.05, 0.1) is 6.61 Å². The summed E-state index contributed by atoms with van der Waals surface area (Å²) >= 11 is 11.7. The van der Waals surface area contributed by atoms with Crippen LogP contribution in [0.5, 0.6) is 0 Å². The lowest BCUT2D eigenvalue weighted by molar-refractivity contribution is 0.366. The Bertz CT molecular complexity index is 388. The van der Waals surface area contributed by atoms with Crippen LogP contribution < -0.4 is 0 Å². The Kier molecular flexibility index (Phi) is 2.00.